The zero-order chi connectivity index (χ0) is 19.0. The lowest BCUT2D eigenvalue weighted by Gasteiger charge is -2.15. The van der Waals surface area contributed by atoms with Crippen LogP contribution >= 0.6 is 46.6 Å². The number of halogens is 3. The molecule has 3 aromatic rings. The van der Waals surface area contributed by atoms with Crippen molar-refractivity contribution in [2.24, 2.45) is 0 Å². The highest BCUT2D eigenvalue weighted by molar-refractivity contribution is 7.98. The normalized spacial score (nSPS) is 11.7. The van der Waals surface area contributed by atoms with Crippen molar-refractivity contribution in [3.63, 3.8) is 0 Å². The Morgan fingerprint density at radius 1 is 1.08 bits per heavy atom. The molecular formula is C17H19Cl3N5S+. The second-order valence-corrected chi connectivity index (χ2v) is 7.81. The monoisotopic (exact) mass is 430 g/mol. The van der Waals surface area contributed by atoms with Gasteiger partial charge in [0.2, 0.25) is 5.82 Å². The van der Waals surface area contributed by atoms with E-state index in [2.05, 4.69) is 18.8 Å². The zero-order valence-corrected chi connectivity index (χ0v) is 18.0. The third-order valence-electron chi connectivity index (χ3n) is 4.18. The first-order valence-corrected chi connectivity index (χ1v) is 10.6. The Balaban J connectivity index is 2.40. The number of hydrogen-bond acceptors (Lipinski definition) is 4. The van der Waals surface area contributed by atoms with Gasteiger partial charge in [-0.05, 0) is 39.2 Å². The molecule has 1 aromatic carbocycles. The fraction of sp³-hybridized carbons (Fsp3) is 0.353. The molecule has 0 radical (unpaired) electrons. The van der Waals surface area contributed by atoms with Crippen LogP contribution in [0.25, 0.3) is 16.7 Å². The minimum atomic E-state index is 0.424. The average Bonchev–Trinajstić information content (AvgIpc) is 2.93. The molecule has 0 bridgehead atoms. The first kappa shape index (κ1) is 19.7. The highest BCUT2D eigenvalue weighted by Crippen LogP contribution is 2.36. The second-order valence-electron chi connectivity index (χ2n) is 5.77. The summed E-state index contributed by atoms with van der Waals surface area (Å²) in [5, 5.41) is 7.84. The van der Waals surface area contributed by atoms with E-state index in [0.717, 1.165) is 29.3 Å². The first-order valence-electron chi connectivity index (χ1n) is 8.22. The molecule has 1 N–H and O–H groups in total. The van der Waals surface area contributed by atoms with E-state index in [0.29, 0.717) is 32.2 Å². The molecule has 0 aliphatic rings. The van der Waals surface area contributed by atoms with Gasteiger partial charge in [0.05, 0.1) is 23.1 Å². The summed E-state index contributed by atoms with van der Waals surface area (Å²) in [6.45, 7) is 8.00. The molecule has 0 saturated heterocycles. The summed E-state index contributed by atoms with van der Waals surface area (Å²) >= 11 is 20.5. The Labute approximate surface area is 171 Å². The summed E-state index contributed by atoms with van der Waals surface area (Å²) in [6.07, 6.45) is 1.98. The maximum absolute atomic E-state index is 6.43. The van der Waals surface area contributed by atoms with E-state index in [1.165, 1.54) is 4.90 Å². The Bertz CT molecular complexity index is 946. The van der Waals surface area contributed by atoms with Crippen LogP contribution in [-0.2, 0) is 0 Å². The van der Waals surface area contributed by atoms with Crippen LogP contribution in [0.5, 0.6) is 0 Å². The maximum Gasteiger partial charge on any atom is 0.241 e. The maximum atomic E-state index is 6.43. The number of thioether (sulfide) groups is 1. The van der Waals surface area contributed by atoms with Crippen LogP contribution in [0.2, 0.25) is 15.1 Å². The van der Waals surface area contributed by atoms with Crippen LogP contribution in [0.4, 0.5) is 5.82 Å². The summed E-state index contributed by atoms with van der Waals surface area (Å²) in [6, 6.07) is 3.31. The van der Waals surface area contributed by atoms with Crippen molar-refractivity contribution >= 4 is 63.4 Å². The highest BCUT2D eigenvalue weighted by atomic mass is 35.5. The van der Waals surface area contributed by atoms with Gasteiger partial charge in [-0.3, -0.25) is 4.90 Å². The lowest BCUT2D eigenvalue weighted by Crippen LogP contribution is -3.06. The number of benzene rings is 1. The van der Waals surface area contributed by atoms with Crippen LogP contribution in [-0.4, -0.2) is 39.1 Å². The number of aromatic nitrogens is 4. The summed E-state index contributed by atoms with van der Waals surface area (Å²) in [5.74, 6) is 1.64. The molecule has 0 unspecified atom stereocenters. The van der Waals surface area contributed by atoms with Crippen molar-refractivity contribution in [3.8, 4) is 5.69 Å². The fourth-order valence-corrected chi connectivity index (χ4v) is 4.51. The predicted octanol–water partition coefficient (Wildman–Crippen LogP) is 4.36. The minimum Gasteiger partial charge on any atom is -0.286 e. The SMILES string of the molecule is CC[NH+](CC)c1nc(C)nc2c1c(SC)nn2-c1c(Cl)cc(Cl)cc1Cl. The van der Waals surface area contributed by atoms with E-state index >= 15 is 0 Å². The van der Waals surface area contributed by atoms with E-state index in [4.69, 9.17) is 44.9 Å². The standard InChI is InChI=1S/C17H18Cl3N5S/c1-5-24(6-2)15-13-16(22-9(3)21-15)25(23-17(13)26-4)14-11(19)7-10(18)8-12(14)20/h7-8H,5-6H2,1-4H3/p+1. The third-order valence-corrected chi connectivity index (χ3v) is 5.65. The summed E-state index contributed by atoms with van der Waals surface area (Å²) in [7, 11) is 0. The molecular weight excluding hydrogens is 413 g/mol. The van der Waals surface area contributed by atoms with E-state index < -0.39 is 0 Å². The van der Waals surface area contributed by atoms with Gasteiger partial charge < -0.3 is 0 Å². The number of rotatable bonds is 5. The van der Waals surface area contributed by atoms with Crippen molar-refractivity contribution in [2.45, 2.75) is 25.8 Å². The molecule has 0 atom stereocenters. The summed E-state index contributed by atoms with van der Waals surface area (Å²) < 4.78 is 1.70. The van der Waals surface area contributed by atoms with Gasteiger partial charge in [-0.15, -0.1) is 11.8 Å². The Morgan fingerprint density at radius 2 is 1.69 bits per heavy atom. The van der Waals surface area contributed by atoms with E-state index in [-0.39, 0.29) is 0 Å². The Morgan fingerprint density at radius 3 is 2.23 bits per heavy atom. The van der Waals surface area contributed by atoms with Crippen LogP contribution in [0.3, 0.4) is 0 Å². The number of quaternary nitrogens is 1. The van der Waals surface area contributed by atoms with Crippen molar-refractivity contribution < 1.29 is 4.90 Å². The van der Waals surface area contributed by atoms with Crippen molar-refractivity contribution in [1.82, 2.24) is 19.7 Å². The molecule has 0 fully saturated rings. The van der Waals surface area contributed by atoms with Gasteiger partial charge in [-0.1, -0.05) is 34.8 Å². The minimum absolute atomic E-state index is 0.424. The Kier molecular flexibility index (Phi) is 5.99. The van der Waals surface area contributed by atoms with E-state index in [1.54, 1.807) is 28.6 Å². The molecule has 0 aliphatic heterocycles. The smallest absolute Gasteiger partial charge is 0.241 e. The van der Waals surface area contributed by atoms with Crippen LogP contribution in [0.1, 0.15) is 19.7 Å². The van der Waals surface area contributed by atoms with Gasteiger partial charge in [-0.2, -0.15) is 10.1 Å². The molecule has 0 spiro atoms. The van der Waals surface area contributed by atoms with Gasteiger partial charge in [-0.25, -0.2) is 9.67 Å². The molecule has 0 saturated carbocycles. The third kappa shape index (κ3) is 3.41. The fourth-order valence-electron chi connectivity index (χ4n) is 2.97. The zero-order valence-electron chi connectivity index (χ0n) is 14.9. The van der Waals surface area contributed by atoms with Gasteiger partial charge in [0.1, 0.15) is 21.9 Å². The van der Waals surface area contributed by atoms with Crippen LogP contribution in [0, 0.1) is 6.92 Å². The van der Waals surface area contributed by atoms with Crippen molar-refractivity contribution in [3.05, 3.63) is 33.0 Å². The van der Waals surface area contributed by atoms with Crippen LogP contribution < -0.4 is 4.90 Å². The molecule has 2 heterocycles. The molecule has 5 nitrogen and oxygen atoms in total. The number of fused-ring (bicyclic) bond motifs is 1. The van der Waals surface area contributed by atoms with Crippen molar-refractivity contribution in [1.29, 1.82) is 0 Å². The van der Waals surface area contributed by atoms with Crippen LogP contribution in [0.15, 0.2) is 17.2 Å². The van der Waals surface area contributed by atoms with Crippen molar-refractivity contribution in [2.75, 3.05) is 19.3 Å². The quantitative estimate of drug-likeness (QED) is 0.610. The lowest BCUT2D eigenvalue weighted by molar-refractivity contribution is -0.830. The van der Waals surface area contributed by atoms with E-state index in [1.807, 2.05) is 13.2 Å². The number of nitrogens with zero attached hydrogens (tertiary/aromatic N) is 4. The van der Waals surface area contributed by atoms with Gasteiger partial charge in [0.15, 0.2) is 5.65 Å². The second kappa shape index (κ2) is 7.90. The molecule has 0 aliphatic carbocycles. The summed E-state index contributed by atoms with van der Waals surface area (Å²) in [5.41, 5.74) is 1.27. The first-order chi connectivity index (χ1) is 12.4. The van der Waals surface area contributed by atoms with Gasteiger partial charge in [0, 0.05) is 5.02 Å². The predicted molar refractivity (Wildman–Crippen MR) is 110 cm³/mol. The molecule has 3 rings (SSSR count). The molecule has 2 aromatic heterocycles. The number of nitrogens with one attached hydrogen (secondary N) is 1. The lowest BCUT2D eigenvalue weighted by atomic mass is 10.3. The topological polar surface area (TPSA) is 48.0 Å². The molecule has 9 heteroatoms. The summed E-state index contributed by atoms with van der Waals surface area (Å²) in [4.78, 5) is 10.6. The number of aryl methyl sites for hydroxylation is 1. The Hall–Kier alpha value is -1.05. The molecule has 138 valence electrons. The van der Waals surface area contributed by atoms with Gasteiger partial charge >= 0.3 is 0 Å². The highest BCUT2D eigenvalue weighted by Gasteiger charge is 2.26. The molecule has 26 heavy (non-hydrogen) atoms. The largest absolute Gasteiger partial charge is 0.286 e. The average molecular weight is 432 g/mol. The molecule has 0 amide bonds. The number of hydrogen-bond donors (Lipinski definition) is 1. The van der Waals surface area contributed by atoms with E-state index in [9.17, 15) is 0 Å². The van der Waals surface area contributed by atoms with Gasteiger partial charge in [0.25, 0.3) is 0 Å².